The fraction of sp³-hybridized carbons (Fsp3) is 0.875. The van der Waals surface area contributed by atoms with Gasteiger partial charge in [-0.25, -0.2) is 8.42 Å². The number of carbonyl (C=O) groups is 1. The van der Waals surface area contributed by atoms with Crippen molar-refractivity contribution in [1.82, 2.24) is 4.31 Å². The van der Waals surface area contributed by atoms with Gasteiger partial charge in [-0.2, -0.15) is 4.31 Å². The zero-order valence-corrected chi connectivity index (χ0v) is 9.53. The van der Waals surface area contributed by atoms with Crippen LogP contribution in [-0.4, -0.2) is 43.0 Å². The molecule has 1 saturated heterocycles. The smallest absolute Gasteiger partial charge is 0.235 e. The van der Waals surface area contributed by atoms with Crippen LogP contribution < -0.4 is 11.5 Å². The van der Waals surface area contributed by atoms with Crippen LogP contribution in [0, 0.1) is 0 Å². The molecule has 1 fully saturated rings. The molecule has 1 aliphatic rings. The van der Waals surface area contributed by atoms with Gasteiger partial charge < -0.3 is 11.5 Å². The fourth-order valence-corrected chi connectivity index (χ4v) is 3.33. The Morgan fingerprint density at radius 1 is 1.60 bits per heavy atom. The molecule has 0 spiro atoms. The van der Waals surface area contributed by atoms with Crippen molar-refractivity contribution in [3.8, 4) is 0 Å². The highest BCUT2D eigenvalue weighted by molar-refractivity contribution is 7.89. The van der Waals surface area contributed by atoms with Crippen LogP contribution in [0.4, 0.5) is 0 Å². The Hall–Kier alpha value is -0.660. The molecule has 88 valence electrons. The van der Waals surface area contributed by atoms with Crippen LogP contribution in [0.2, 0.25) is 0 Å². The van der Waals surface area contributed by atoms with Crippen molar-refractivity contribution in [3.05, 3.63) is 0 Å². The summed E-state index contributed by atoms with van der Waals surface area (Å²) >= 11 is 0. The molecule has 0 aromatic rings. The second kappa shape index (κ2) is 4.46. The SMILES string of the molecule is CC(CN)S(=O)(=O)N1CCCC1C(N)=O. The number of amides is 1. The third-order valence-electron chi connectivity index (χ3n) is 2.70. The molecular formula is C8H17N3O3S. The molecule has 0 aliphatic carbocycles. The third-order valence-corrected chi connectivity index (χ3v) is 5.00. The number of primary amides is 1. The molecule has 7 heteroatoms. The van der Waals surface area contributed by atoms with Gasteiger partial charge in [0.25, 0.3) is 0 Å². The minimum atomic E-state index is -3.48. The number of nitrogens with zero attached hydrogens (tertiary/aromatic N) is 1. The van der Waals surface area contributed by atoms with Gasteiger partial charge in [0.05, 0.1) is 5.25 Å². The molecular weight excluding hydrogens is 218 g/mol. The standard InChI is InChI=1S/C8H17N3O3S/c1-6(5-9)15(13,14)11-4-2-3-7(11)8(10)12/h6-7H,2-5,9H2,1H3,(H2,10,12). The zero-order valence-electron chi connectivity index (χ0n) is 8.72. The summed E-state index contributed by atoms with van der Waals surface area (Å²) in [6.07, 6.45) is 1.18. The first-order valence-electron chi connectivity index (χ1n) is 4.91. The van der Waals surface area contributed by atoms with E-state index in [9.17, 15) is 13.2 Å². The van der Waals surface area contributed by atoms with Crippen molar-refractivity contribution in [2.45, 2.75) is 31.1 Å². The topological polar surface area (TPSA) is 106 Å². The minimum absolute atomic E-state index is 0.0459. The predicted octanol–water partition coefficient (Wildman–Crippen LogP) is -1.39. The van der Waals surface area contributed by atoms with Gasteiger partial charge in [0.2, 0.25) is 15.9 Å². The number of nitrogens with two attached hydrogens (primary N) is 2. The van der Waals surface area contributed by atoms with Gasteiger partial charge in [0, 0.05) is 13.1 Å². The quantitative estimate of drug-likeness (QED) is 0.625. The van der Waals surface area contributed by atoms with E-state index in [1.54, 1.807) is 0 Å². The fourth-order valence-electron chi connectivity index (χ4n) is 1.68. The van der Waals surface area contributed by atoms with Crippen molar-refractivity contribution in [3.63, 3.8) is 0 Å². The third kappa shape index (κ3) is 2.30. The maximum Gasteiger partial charge on any atom is 0.235 e. The summed E-state index contributed by atoms with van der Waals surface area (Å²) < 4.78 is 25.0. The van der Waals surface area contributed by atoms with E-state index >= 15 is 0 Å². The molecule has 1 heterocycles. The van der Waals surface area contributed by atoms with Crippen LogP contribution in [0.5, 0.6) is 0 Å². The molecule has 2 unspecified atom stereocenters. The normalized spacial score (nSPS) is 25.3. The van der Waals surface area contributed by atoms with E-state index in [1.807, 2.05) is 0 Å². The first-order chi connectivity index (χ1) is 6.91. The zero-order chi connectivity index (χ0) is 11.6. The van der Waals surface area contributed by atoms with Crippen LogP contribution in [0.1, 0.15) is 19.8 Å². The lowest BCUT2D eigenvalue weighted by atomic mass is 10.2. The highest BCUT2D eigenvalue weighted by atomic mass is 32.2. The average Bonchev–Trinajstić information content (AvgIpc) is 2.65. The van der Waals surface area contributed by atoms with E-state index in [2.05, 4.69) is 0 Å². The highest BCUT2D eigenvalue weighted by Gasteiger charge is 2.39. The summed E-state index contributed by atoms with van der Waals surface area (Å²) in [5.74, 6) is -0.583. The van der Waals surface area contributed by atoms with Crippen LogP contribution in [0.3, 0.4) is 0 Å². The van der Waals surface area contributed by atoms with Crippen molar-refractivity contribution in [2.75, 3.05) is 13.1 Å². The lowest BCUT2D eigenvalue weighted by molar-refractivity contribution is -0.121. The average molecular weight is 235 g/mol. The molecule has 0 radical (unpaired) electrons. The first kappa shape index (κ1) is 12.4. The summed E-state index contributed by atoms with van der Waals surface area (Å²) in [6, 6.07) is -0.691. The molecule has 1 amide bonds. The lowest BCUT2D eigenvalue weighted by Gasteiger charge is -2.24. The van der Waals surface area contributed by atoms with Gasteiger partial charge in [-0.1, -0.05) is 0 Å². The second-order valence-corrected chi connectivity index (χ2v) is 6.07. The molecule has 0 bridgehead atoms. The Balaban J connectivity index is 2.92. The molecule has 2 atom stereocenters. The molecule has 15 heavy (non-hydrogen) atoms. The van der Waals surface area contributed by atoms with E-state index in [4.69, 9.17) is 11.5 Å². The van der Waals surface area contributed by atoms with Gasteiger partial charge >= 0.3 is 0 Å². The van der Waals surface area contributed by atoms with Crippen molar-refractivity contribution >= 4 is 15.9 Å². The lowest BCUT2D eigenvalue weighted by Crippen LogP contribution is -2.48. The number of rotatable bonds is 4. The van der Waals surface area contributed by atoms with Crippen LogP contribution in [0.25, 0.3) is 0 Å². The molecule has 6 nitrogen and oxygen atoms in total. The van der Waals surface area contributed by atoms with E-state index in [0.29, 0.717) is 19.4 Å². The summed E-state index contributed by atoms with van der Waals surface area (Å²) in [7, 11) is -3.48. The van der Waals surface area contributed by atoms with Crippen molar-refractivity contribution in [2.24, 2.45) is 11.5 Å². The van der Waals surface area contributed by atoms with Gasteiger partial charge in [-0.05, 0) is 19.8 Å². The Labute approximate surface area is 89.6 Å². The molecule has 1 rings (SSSR count). The number of sulfonamides is 1. The number of hydrogen-bond acceptors (Lipinski definition) is 4. The predicted molar refractivity (Wildman–Crippen MR) is 56.4 cm³/mol. The molecule has 0 aromatic heterocycles. The van der Waals surface area contributed by atoms with Crippen molar-refractivity contribution < 1.29 is 13.2 Å². The van der Waals surface area contributed by atoms with E-state index in [1.165, 1.54) is 11.2 Å². The molecule has 0 aromatic carbocycles. The van der Waals surface area contributed by atoms with Gasteiger partial charge in [-0.15, -0.1) is 0 Å². The largest absolute Gasteiger partial charge is 0.368 e. The van der Waals surface area contributed by atoms with E-state index in [-0.39, 0.29) is 6.54 Å². The Kier molecular flexibility index (Phi) is 3.69. The maximum absolute atomic E-state index is 11.9. The van der Waals surface area contributed by atoms with Crippen LogP contribution in [-0.2, 0) is 14.8 Å². The molecule has 4 N–H and O–H groups in total. The maximum atomic E-state index is 11.9. The second-order valence-electron chi connectivity index (χ2n) is 3.76. The van der Waals surface area contributed by atoms with Gasteiger partial charge in [0.15, 0.2) is 0 Å². The molecule has 1 aliphatic heterocycles. The van der Waals surface area contributed by atoms with Gasteiger partial charge in [0.1, 0.15) is 6.04 Å². The monoisotopic (exact) mass is 235 g/mol. The van der Waals surface area contributed by atoms with Crippen LogP contribution >= 0.6 is 0 Å². The molecule has 0 saturated carbocycles. The minimum Gasteiger partial charge on any atom is -0.368 e. The summed E-state index contributed by atoms with van der Waals surface area (Å²) in [4.78, 5) is 11.1. The highest BCUT2D eigenvalue weighted by Crippen LogP contribution is 2.22. The summed E-state index contributed by atoms with van der Waals surface area (Å²) in [5.41, 5.74) is 10.5. The first-order valence-corrected chi connectivity index (χ1v) is 6.41. The summed E-state index contributed by atoms with van der Waals surface area (Å²) in [6.45, 7) is 1.94. The van der Waals surface area contributed by atoms with E-state index < -0.39 is 27.2 Å². The van der Waals surface area contributed by atoms with E-state index in [0.717, 1.165) is 0 Å². The van der Waals surface area contributed by atoms with Crippen molar-refractivity contribution in [1.29, 1.82) is 0 Å². The number of hydrogen-bond donors (Lipinski definition) is 2. The number of carbonyl (C=O) groups excluding carboxylic acids is 1. The van der Waals surface area contributed by atoms with Crippen LogP contribution in [0.15, 0.2) is 0 Å². The Morgan fingerprint density at radius 2 is 2.20 bits per heavy atom. The Morgan fingerprint density at radius 3 is 2.67 bits per heavy atom. The summed E-state index contributed by atoms with van der Waals surface area (Å²) in [5, 5.41) is -0.669. The Bertz CT molecular complexity index is 341. The van der Waals surface area contributed by atoms with Gasteiger partial charge in [-0.3, -0.25) is 4.79 Å².